The third kappa shape index (κ3) is 3.23. The van der Waals surface area contributed by atoms with Crippen LogP contribution in [0, 0.1) is 0 Å². The summed E-state index contributed by atoms with van der Waals surface area (Å²) in [7, 11) is 0. The van der Waals surface area contributed by atoms with Crippen molar-refractivity contribution >= 4 is 12.1 Å². The van der Waals surface area contributed by atoms with Crippen molar-refractivity contribution in [2.75, 3.05) is 0 Å². The molecule has 0 aromatic heterocycles. The molecule has 0 aliphatic carbocycles. The zero-order valence-corrected chi connectivity index (χ0v) is 8.03. The van der Waals surface area contributed by atoms with Crippen molar-refractivity contribution in [3.05, 3.63) is 48.0 Å². The second kappa shape index (κ2) is 4.97. The Labute approximate surface area is 83.1 Å². The minimum absolute atomic E-state index is 0.219. The minimum Gasteiger partial charge on any atom is -0.267 e. The molecule has 14 heavy (non-hydrogen) atoms. The number of amides is 1. The molecule has 3 nitrogen and oxygen atoms in total. The van der Waals surface area contributed by atoms with E-state index in [1.54, 1.807) is 31.2 Å². The molecule has 0 atom stereocenters. The van der Waals surface area contributed by atoms with E-state index in [2.05, 4.69) is 17.1 Å². The third-order valence-corrected chi connectivity index (χ3v) is 1.49. The Morgan fingerprint density at radius 2 is 2.07 bits per heavy atom. The Morgan fingerprint density at radius 3 is 2.64 bits per heavy atom. The molecule has 0 spiro atoms. The fourth-order valence-electron chi connectivity index (χ4n) is 0.855. The zero-order chi connectivity index (χ0) is 10.4. The van der Waals surface area contributed by atoms with E-state index in [9.17, 15) is 4.79 Å². The van der Waals surface area contributed by atoms with Crippen LogP contribution in [0.3, 0.4) is 0 Å². The van der Waals surface area contributed by atoms with E-state index < -0.39 is 0 Å². The molecule has 1 amide bonds. The first kappa shape index (κ1) is 10.2. The molecule has 0 unspecified atom stereocenters. The molecule has 0 aliphatic heterocycles. The predicted octanol–water partition coefficient (Wildman–Crippen LogP) is 1.98. The maximum Gasteiger partial charge on any atom is 0.271 e. The molecule has 1 aromatic carbocycles. The SMILES string of the molecule is C=C(C)/C=N\NC(=O)c1ccccc1. The zero-order valence-electron chi connectivity index (χ0n) is 8.03. The van der Waals surface area contributed by atoms with Crippen molar-refractivity contribution in [1.29, 1.82) is 0 Å². The molecule has 1 aromatic rings. The third-order valence-electron chi connectivity index (χ3n) is 1.49. The summed E-state index contributed by atoms with van der Waals surface area (Å²) >= 11 is 0. The second-order valence-corrected chi connectivity index (χ2v) is 2.91. The van der Waals surface area contributed by atoms with E-state index >= 15 is 0 Å². The highest BCUT2D eigenvalue weighted by molar-refractivity contribution is 5.94. The lowest BCUT2D eigenvalue weighted by molar-refractivity contribution is 0.0955. The van der Waals surface area contributed by atoms with Crippen LogP contribution in [0.15, 0.2) is 47.6 Å². The summed E-state index contributed by atoms with van der Waals surface area (Å²) < 4.78 is 0. The number of nitrogens with zero attached hydrogens (tertiary/aromatic N) is 1. The Balaban J connectivity index is 2.56. The Bertz CT molecular complexity index is 355. The van der Waals surface area contributed by atoms with Gasteiger partial charge < -0.3 is 0 Å². The van der Waals surface area contributed by atoms with Gasteiger partial charge in [-0.2, -0.15) is 5.10 Å². The molecular weight excluding hydrogens is 176 g/mol. The van der Waals surface area contributed by atoms with Crippen molar-refractivity contribution in [3.63, 3.8) is 0 Å². The van der Waals surface area contributed by atoms with Gasteiger partial charge in [0.15, 0.2) is 0 Å². The highest BCUT2D eigenvalue weighted by atomic mass is 16.2. The van der Waals surface area contributed by atoms with Crippen LogP contribution in [-0.2, 0) is 0 Å². The predicted molar refractivity (Wildman–Crippen MR) is 57.2 cm³/mol. The highest BCUT2D eigenvalue weighted by Crippen LogP contribution is 1.97. The van der Waals surface area contributed by atoms with Crippen molar-refractivity contribution < 1.29 is 4.79 Å². The van der Waals surface area contributed by atoms with Crippen LogP contribution in [-0.4, -0.2) is 12.1 Å². The van der Waals surface area contributed by atoms with E-state index in [0.717, 1.165) is 5.57 Å². The minimum atomic E-state index is -0.219. The van der Waals surface area contributed by atoms with Gasteiger partial charge in [-0.25, -0.2) is 5.43 Å². The van der Waals surface area contributed by atoms with Crippen molar-refractivity contribution in [3.8, 4) is 0 Å². The van der Waals surface area contributed by atoms with Gasteiger partial charge in [0, 0.05) is 11.8 Å². The summed E-state index contributed by atoms with van der Waals surface area (Å²) in [5.41, 5.74) is 3.78. The summed E-state index contributed by atoms with van der Waals surface area (Å²) in [5.74, 6) is -0.219. The lowest BCUT2D eigenvalue weighted by Crippen LogP contribution is -2.17. The first-order valence-corrected chi connectivity index (χ1v) is 4.24. The molecular formula is C11H12N2O. The van der Waals surface area contributed by atoms with Gasteiger partial charge in [-0.1, -0.05) is 24.8 Å². The Kier molecular flexibility index (Phi) is 3.61. The van der Waals surface area contributed by atoms with Crippen molar-refractivity contribution in [2.24, 2.45) is 5.10 Å². The topological polar surface area (TPSA) is 41.5 Å². The van der Waals surface area contributed by atoms with Gasteiger partial charge in [-0.15, -0.1) is 0 Å². The van der Waals surface area contributed by atoms with E-state index in [4.69, 9.17) is 0 Å². The van der Waals surface area contributed by atoms with Gasteiger partial charge in [0.1, 0.15) is 0 Å². The number of benzene rings is 1. The second-order valence-electron chi connectivity index (χ2n) is 2.91. The lowest BCUT2D eigenvalue weighted by Gasteiger charge is -1.97. The normalized spacial score (nSPS) is 10.1. The number of hydrazone groups is 1. The van der Waals surface area contributed by atoms with E-state index in [1.807, 2.05) is 6.07 Å². The number of hydrogen-bond acceptors (Lipinski definition) is 2. The van der Waals surface area contributed by atoms with Crippen molar-refractivity contribution in [1.82, 2.24) is 5.43 Å². The maximum atomic E-state index is 11.4. The van der Waals surface area contributed by atoms with Gasteiger partial charge in [0.05, 0.1) is 0 Å². The average Bonchev–Trinajstić information content (AvgIpc) is 2.18. The van der Waals surface area contributed by atoms with Crippen LogP contribution in [0.1, 0.15) is 17.3 Å². The molecule has 0 fully saturated rings. The summed E-state index contributed by atoms with van der Waals surface area (Å²) in [4.78, 5) is 11.4. The number of rotatable bonds is 3. The number of carbonyl (C=O) groups excluding carboxylic acids is 1. The molecule has 0 heterocycles. The molecule has 0 aliphatic rings. The molecule has 3 heteroatoms. The first-order chi connectivity index (χ1) is 6.70. The molecule has 72 valence electrons. The van der Waals surface area contributed by atoms with Crippen molar-refractivity contribution in [2.45, 2.75) is 6.92 Å². The quantitative estimate of drug-likeness (QED) is 0.572. The highest BCUT2D eigenvalue weighted by Gasteiger charge is 2.00. The summed E-state index contributed by atoms with van der Waals surface area (Å²) in [6.07, 6.45) is 1.50. The molecule has 0 saturated heterocycles. The average molecular weight is 188 g/mol. The first-order valence-electron chi connectivity index (χ1n) is 4.24. The van der Waals surface area contributed by atoms with Crippen LogP contribution in [0.4, 0.5) is 0 Å². The number of hydrogen-bond donors (Lipinski definition) is 1. The van der Waals surface area contributed by atoms with Crippen LogP contribution >= 0.6 is 0 Å². The van der Waals surface area contributed by atoms with Gasteiger partial charge in [-0.05, 0) is 24.6 Å². The number of carbonyl (C=O) groups is 1. The summed E-state index contributed by atoms with van der Waals surface area (Å²) in [5, 5.41) is 3.72. The molecule has 0 radical (unpaired) electrons. The molecule has 0 bridgehead atoms. The summed E-state index contributed by atoms with van der Waals surface area (Å²) in [6, 6.07) is 8.92. The van der Waals surface area contributed by atoms with Gasteiger partial charge in [-0.3, -0.25) is 4.79 Å². The molecule has 1 rings (SSSR count). The van der Waals surface area contributed by atoms with E-state index in [0.29, 0.717) is 5.56 Å². The molecule has 0 saturated carbocycles. The largest absolute Gasteiger partial charge is 0.271 e. The standard InChI is InChI=1S/C11H12N2O/c1-9(2)8-12-13-11(14)10-6-4-3-5-7-10/h3-8H,1H2,2H3,(H,13,14)/b12-8-. The Morgan fingerprint density at radius 1 is 1.43 bits per heavy atom. The summed E-state index contributed by atoms with van der Waals surface area (Å²) in [6.45, 7) is 5.43. The van der Waals surface area contributed by atoms with Crippen LogP contribution in [0.2, 0.25) is 0 Å². The number of nitrogens with one attached hydrogen (secondary N) is 1. The van der Waals surface area contributed by atoms with E-state index in [-0.39, 0.29) is 5.91 Å². The smallest absolute Gasteiger partial charge is 0.267 e. The fourth-order valence-corrected chi connectivity index (χ4v) is 0.855. The van der Waals surface area contributed by atoms with Gasteiger partial charge in [0.25, 0.3) is 5.91 Å². The fraction of sp³-hybridized carbons (Fsp3) is 0.0909. The van der Waals surface area contributed by atoms with Crippen LogP contribution in [0.5, 0.6) is 0 Å². The van der Waals surface area contributed by atoms with Gasteiger partial charge in [0.2, 0.25) is 0 Å². The van der Waals surface area contributed by atoms with Crippen LogP contribution < -0.4 is 5.43 Å². The maximum absolute atomic E-state index is 11.4. The Hall–Kier alpha value is -1.90. The van der Waals surface area contributed by atoms with Gasteiger partial charge >= 0.3 is 0 Å². The molecule has 1 N–H and O–H groups in total. The monoisotopic (exact) mass is 188 g/mol. The van der Waals surface area contributed by atoms with Crippen LogP contribution in [0.25, 0.3) is 0 Å². The number of allylic oxidation sites excluding steroid dienone is 1. The van der Waals surface area contributed by atoms with E-state index in [1.165, 1.54) is 6.21 Å². The lowest BCUT2D eigenvalue weighted by atomic mass is 10.2.